The van der Waals surface area contributed by atoms with Gasteiger partial charge in [-0.15, -0.1) is 0 Å². The fourth-order valence-corrected chi connectivity index (χ4v) is 2.94. The fourth-order valence-electron chi connectivity index (χ4n) is 2.61. The van der Waals surface area contributed by atoms with Crippen LogP contribution in [0.15, 0.2) is 36.4 Å². The normalized spacial score (nSPS) is 19.5. The number of carbonyl (C=O) groups excluding carboxylic acids is 1. The van der Waals surface area contributed by atoms with Crippen molar-refractivity contribution in [1.82, 2.24) is 0 Å². The number of fused-ring (bicyclic) bond motifs is 2. The van der Waals surface area contributed by atoms with Crippen molar-refractivity contribution in [2.24, 2.45) is 11.5 Å². The third kappa shape index (κ3) is 4.88. The van der Waals surface area contributed by atoms with Crippen molar-refractivity contribution < 1.29 is 14.3 Å². The standard InChI is InChI=1S/C9H9ClN2O2.C9H11ClN2O/c10-5-1-2-6-7(3-5)14-8(4-12-6)9(11)13;10-6-1-2-8-9(3-6)13-7(4-11)5-12-8/h1-3,8,12H,4H2,(H2,11,13);1-3,7,12H,4-5,11H2. The van der Waals surface area contributed by atoms with Gasteiger partial charge in [-0.3, -0.25) is 4.79 Å². The van der Waals surface area contributed by atoms with E-state index >= 15 is 0 Å². The molecule has 0 aliphatic carbocycles. The molecular weight excluding hydrogens is 391 g/mol. The van der Waals surface area contributed by atoms with Crippen LogP contribution in [0.4, 0.5) is 11.4 Å². The Balaban J connectivity index is 0.000000156. The summed E-state index contributed by atoms with van der Waals surface area (Å²) in [7, 11) is 0. The van der Waals surface area contributed by atoms with E-state index in [-0.39, 0.29) is 6.10 Å². The van der Waals surface area contributed by atoms with Crippen LogP contribution >= 0.6 is 23.2 Å². The van der Waals surface area contributed by atoms with Gasteiger partial charge in [0.2, 0.25) is 0 Å². The van der Waals surface area contributed by atoms with Crippen LogP contribution in [0.1, 0.15) is 0 Å². The number of primary amides is 1. The average molecular weight is 411 g/mol. The minimum absolute atomic E-state index is 0.0472. The quantitative estimate of drug-likeness (QED) is 0.604. The van der Waals surface area contributed by atoms with E-state index in [0.717, 1.165) is 23.7 Å². The van der Waals surface area contributed by atoms with Gasteiger partial charge in [-0.05, 0) is 24.3 Å². The second-order valence-electron chi connectivity index (χ2n) is 6.03. The van der Waals surface area contributed by atoms with Crippen LogP contribution in [-0.4, -0.2) is 37.7 Å². The molecule has 2 aliphatic rings. The predicted octanol–water partition coefficient (Wildman–Crippen LogP) is 2.47. The number of benzene rings is 2. The van der Waals surface area contributed by atoms with Gasteiger partial charge in [-0.1, -0.05) is 23.2 Å². The van der Waals surface area contributed by atoms with Gasteiger partial charge in [0.25, 0.3) is 5.91 Å². The number of hydrogen-bond donors (Lipinski definition) is 4. The lowest BCUT2D eigenvalue weighted by Crippen LogP contribution is -2.41. The van der Waals surface area contributed by atoms with Gasteiger partial charge in [-0.25, -0.2) is 0 Å². The SMILES string of the molecule is NC(=O)C1CNc2ccc(Cl)cc2O1.NCC1CNc2ccc(Cl)cc2O1. The molecule has 2 aromatic rings. The first kappa shape index (κ1) is 19.4. The summed E-state index contributed by atoms with van der Waals surface area (Å²) in [6.45, 7) is 1.66. The molecule has 2 aromatic carbocycles. The molecular formula is C18H20Cl2N4O3. The molecule has 1 amide bonds. The van der Waals surface area contributed by atoms with Gasteiger partial charge < -0.3 is 31.6 Å². The Bertz CT molecular complexity index is 834. The predicted molar refractivity (Wildman–Crippen MR) is 107 cm³/mol. The second-order valence-corrected chi connectivity index (χ2v) is 6.90. The summed E-state index contributed by atoms with van der Waals surface area (Å²) in [5, 5.41) is 7.51. The molecule has 0 bridgehead atoms. The zero-order chi connectivity index (χ0) is 19.4. The molecule has 2 atom stereocenters. The van der Waals surface area contributed by atoms with Crippen molar-refractivity contribution in [2.75, 3.05) is 30.3 Å². The number of nitrogens with two attached hydrogens (primary N) is 2. The summed E-state index contributed by atoms with van der Waals surface area (Å²) in [5.41, 5.74) is 12.4. The van der Waals surface area contributed by atoms with E-state index in [1.54, 1.807) is 24.3 Å². The number of anilines is 2. The molecule has 2 unspecified atom stereocenters. The molecule has 0 radical (unpaired) electrons. The molecule has 144 valence electrons. The number of carbonyl (C=O) groups is 1. The molecule has 0 spiro atoms. The van der Waals surface area contributed by atoms with Crippen molar-refractivity contribution in [2.45, 2.75) is 12.2 Å². The highest BCUT2D eigenvalue weighted by Crippen LogP contribution is 2.32. The number of amides is 1. The van der Waals surface area contributed by atoms with E-state index in [1.807, 2.05) is 12.1 Å². The topological polar surface area (TPSA) is 112 Å². The Kier molecular flexibility index (Phi) is 6.15. The number of ether oxygens (including phenoxy) is 2. The molecule has 7 nitrogen and oxygen atoms in total. The first-order chi connectivity index (χ1) is 13.0. The minimum atomic E-state index is -0.624. The van der Waals surface area contributed by atoms with Crippen LogP contribution in [0.25, 0.3) is 0 Å². The second kappa shape index (κ2) is 8.56. The summed E-state index contributed by atoms with van der Waals surface area (Å²) < 4.78 is 10.9. The number of hydrogen-bond acceptors (Lipinski definition) is 6. The molecule has 9 heteroatoms. The van der Waals surface area contributed by atoms with E-state index in [1.165, 1.54) is 0 Å². The van der Waals surface area contributed by atoms with Crippen molar-refractivity contribution >= 4 is 40.5 Å². The van der Waals surface area contributed by atoms with Crippen LogP contribution in [0.2, 0.25) is 10.0 Å². The third-order valence-electron chi connectivity index (χ3n) is 4.03. The van der Waals surface area contributed by atoms with Crippen molar-refractivity contribution in [1.29, 1.82) is 0 Å². The van der Waals surface area contributed by atoms with Gasteiger partial charge in [0.05, 0.1) is 24.5 Å². The highest BCUT2D eigenvalue weighted by Gasteiger charge is 2.23. The summed E-state index contributed by atoms with van der Waals surface area (Å²) in [4.78, 5) is 10.9. The Morgan fingerprint density at radius 2 is 1.56 bits per heavy atom. The van der Waals surface area contributed by atoms with E-state index < -0.39 is 12.0 Å². The van der Waals surface area contributed by atoms with E-state index in [2.05, 4.69) is 10.6 Å². The fraction of sp³-hybridized carbons (Fsp3) is 0.278. The minimum Gasteiger partial charge on any atom is -0.485 e. The lowest BCUT2D eigenvalue weighted by atomic mass is 10.2. The number of halogens is 2. The summed E-state index contributed by atoms with van der Waals surface area (Å²) in [6.07, 6.45) is -0.577. The summed E-state index contributed by atoms with van der Waals surface area (Å²) in [5.74, 6) is 0.866. The van der Waals surface area contributed by atoms with Gasteiger partial charge in [0.15, 0.2) is 6.10 Å². The molecule has 2 aliphatic heterocycles. The zero-order valence-corrected chi connectivity index (χ0v) is 15.9. The van der Waals surface area contributed by atoms with E-state index in [9.17, 15) is 4.79 Å². The van der Waals surface area contributed by atoms with Crippen molar-refractivity contribution in [3.05, 3.63) is 46.4 Å². The molecule has 0 saturated carbocycles. The maximum absolute atomic E-state index is 10.9. The molecule has 0 fully saturated rings. The first-order valence-electron chi connectivity index (χ1n) is 8.36. The van der Waals surface area contributed by atoms with E-state index in [0.29, 0.717) is 28.9 Å². The molecule has 2 heterocycles. The van der Waals surface area contributed by atoms with Gasteiger partial charge >= 0.3 is 0 Å². The molecule has 4 rings (SSSR count). The van der Waals surface area contributed by atoms with E-state index in [4.69, 9.17) is 44.1 Å². The zero-order valence-electron chi connectivity index (χ0n) is 14.4. The lowest BCUT2D eigenvalue weighted by Gasteiger charge is -2.26. The Labute approximate surface area is 166 Å². The third-order valence-corrected chi connectivity index (χ3v) is 4.50. The molecule has 6 N–H and O–H groups in total. The summed E-state index contributed by atoms with van der Waals surface area (Å²) in [6, 6.07) is 10.7. The van der Waals surface area contributed by atoms with Gasteiger partial charge in [-0.2, -0.15) is 0 Å². The molecule has 27 heavy (non-hydrogen) atoms. The van der Waals surface area contributed by atoms with Crippen molar-refractivity contribution in [3.8, 4) is 11.5 Å². The van der Waals surface area contributed by atoms with Gasteiger partial charge in [0, 0.05) is 28.7 Å². The Hall–Kier alpha value is -2.35. The number of nitrogens with one attached hydrogen (secondary N) is 2. The van der Waals surface area contributed by atoms with Crippen LogP contribution in [0.5, 0.6) is 11.5 Å². The van der Waals surface area contributed by atoms with Gasteiger partial charge in [0.1, 0.15) is 17.6 Å². The lowest BCUT2D eigenvalue weighted by molar-refractivity contribution is -0.124. The monoisotopic (exact) mass is 410 g/mol. The summed E-state index contributed by atoms with van der Waals surface area (Å²) >= 11 is 11.6. The molecule has 0 saturated heterocycles. The largest absolute Gasteiger partial charge is 0.485 e. The maximum Gasteiger partial charge on any atom is 0.260 e. The first-order valence-corrected chi connectivity index (χ1v) is 9.11. The van der Waals surface area contributed by atoms with Crippen LogP contribution in [-0.2, 0) is 4.79 Å². The Morgan fingerprint density at radius 1 is 1.00 bits per heavy atom. The van der Waals surface area contributed by atoms with Crippen LogP contribution in [0.3, 0.4) is 0 Å². The van der Waals surface area contributed by atoms with Crippen LogP contribution in [0, 0.1) is 0 Å². The molecule has 0 aromatic heterocycles. The highest BCUT2D eigenvalue weighted by molar-refractivity contribution is 6.31. The highest BCUT2D eigenvalue weighted by atomic mass is 35.5. The van der Waals surface area contributed by atoms with Crippen LogP contribution < -0.4 is 31.6 Å². The average Bonchev–Trinajstić information content (AvgIpc) is 2.67. The number of rotatable bonds is 2. The Morgan fingerprint density at radius 3 is 2.11 bits per heavy atom. The van der Waals surface area contributed by atoms with Crippen molar-refractivity contribution in [3.63, 3.8) is 0 Å². The smallest absolute Gasteiger partial charge is 0.260 e. The maximum atomic E-state index is 10.9.